The van der Waals surface area contributed by atoms with Gasteiger partial charge in [-0.25, -0.2) is 13.4 Å². The molecule has 2 heterocycles. The number of nitrogens with zero attached hydrogens (tertiary/aromatic N) is 2. The van der Waals surface area contributed by atoms with E-state index in [0.717, 1.165) is 28.5 Å². The Bertz CT molecular complexity index is 1180. The summed E-state index contributed by atoms with van der Waals surface area (Å²) >= 11 is 6.43. The molecular weight excluding hydrogens is 398 g/mol. The third-order valence-electron chi connectivity index (χ3n) is 4.59. The Morgan fingerprint density at radius 3 is 2.54 bits per heavy atom. The molecule has 1 N–H and O–H groups in total. The van der Waals surface area contributed by atoms with Crippen LogP contribution in [-0.4, -0.2) is 31.2 Å². The number of halogens is 1. The number of pyridine rings is 1. The van der Waals surface area contributed by atoms with Gasteiger partial charge in [-0.1, -0.05) is 29.8 Å². The van der Waals surface area contributed by atoms with E-state index in [-0.39, 0.29) is 5.15 Å². The molecule has 1 aliphatic heterocycles. The number of aromatic nitrogens is 1. The normalized spacial score (nSPS) is 17.4. The summed E-state index contributed by atoms with van der Waals surface area (Å²) in [5, 5.41) is 1.16. The van der Waals surface area contributed by atoms with Crippen molar-refractivity contribution in [3.63, 3.8) is 0 Å². The third-order valence-corrected chi connectivity index (χ3v) is 5.93. The summed E-state index contributed by atoms with van der Waals surface area (Å²) in [7, 11) is -1.97. The maximum atomic E-state index is 12.4. The van der Waals surface area contributed by atoms with Gasteiger partial charge >= 0.3 is 0 Å². The summed E-state index contributed by atoms with van der Waals surface area (Å²) in [5.41, 5.74) is 5.86. The number of methoxy groups -OCH3 is 1. The van der Waals surface area contributed by atoms with Crippen molar-refractivity contribution < 1.29 is 13.2 Å². The minimum atomic E-state index is -3.56. The monoisotopic (exact) mass is 415 g/mol. The van der Waals surface area contributed by atoms with E-state index in [1.807, 2.05) is 60.7 Å². The Hall–Kier alpha value is -2.61. The van der Waals surface area contributed by atoms with E-state index >= 15 is 0 Å². The first-order valence-electron chi connectivity index (χ1n) is 8.54. The molecule has 0 saturated carbocycles. The molecule has 2 aromatic carbocycles. The number of hydrogen-bond donors (Lipinski definition) is 1. The minimum absolute atomic E-state index is 0.270. The number of fused-ring (bicyclic) bond motifs is 1. The van der Waals surface area contributed by atoms with Gasteiger partial charge in [-0.05, 0) is 48.0 Å². The molecule has 0 radical (unpaired) electrons. The first-order chi connectivity index (χ1) is 13.4. The largest absolute Gasteiger partial charge is 0.497 e. The van der Waals surface area contributed by atoms with Crippen LogP contribution in [0.3, 0.4) is 0 Å². The molecule has 1 aliphatic rings. The lowest BCUT2D eigenvalue weighted by Crippen LogP contribution is -2.38. The molecule has 0 amide bonds. The third kappa shape index (κ3) is 3.44. The number of ether oxygens (including phenoxy) is 1. The Kier molecular flexibility index (Phi) is 4.74. The van der Waals surface area contributed by atoms with Crippen LogP contribution < -0.4 is 10.2 Å². The van der Waals surface area contributed by atoms with E-state index in [1.54, 1.807) is 7.11 Å². The minimum Gasteiger partial charge on any atom is -0.497 e. The van der Waals surface area contributed by atoms with Gasteiger partial charge in [-0.3, -0.25) is 0 Å². The van der Waals surface area contributed by atoms with Crippen LogP contribution >= 0.6 is 11.6 Å². The predicted octanol–water partition coefficient (Wildman–Crippen LogP) is 3.76. The predicted molar refractivity (Wildman–Crippen MR) is 110 cm³/mol. The summed E-state index contributed by atoms with van der Waals surface area (Å²) in [6.45, 7) is 0. The maximum Gasteiger partial charge on any atom is 0.228 e. The van der Waals surface area contributed by atoms with E-state index in [9.17, 15) is 8.42 Å². The van der Waals surface area contributed by atoms with Gasteiger partial charge in [0, 0.05) is 10.9 Å². The Labute approximate surface area is 168 Å². The fourth-order valence-corrected chi connectivity index (χ4v) is 4.31. The van der Waals surface area contributed by atoms with Gasteiger partial charge in [0.2, 0.25) is 10.0 Å². The smallest absolute Gasteiger partial charge is 0.228 e. The number of sulfonamides is 1. The van der Waals surface area contributed by atoms with Gasteiger partial charge in [0.05, 0.1) is 30.6 Å². The van der Waals surface area contributed by atoms with Crippen molar-refractivity contribution >= 4 is 38.2 Å². The van der Waals surface area contributed by atoms with Gasteiger partial charge in [-0.2, -0.15) is 0 Å². The molecule has 28 heavy (non-hydrogen) atoms. The molecule has 0 spiro atoms. The fourth-order valence-electron chi connectivity index (χ4n) is 3.20. The number of hydrazine groups is 1. The lowest BCUT2D eigenvalue weighted by molar-refractivity contribution is 0.351. The summed E-state index contributed by atoms with van der Waals surface area (Å²) < 4.78 is 31.2. The summed E-state index contributed by atoms with van der Waals surface area (Å²) in [6.07, 6.45) is 2.99. The molecule has 6 nitrogen and oxygen atoms in total. The zero-order chi connectivity index (χ0) is 19.9. The molecule has 0 bridgehead atoms. The zero-order valence-corrected chi connectivity index (χ0v) is 16.8. The van der Waals surface area contributed by atoms with Crippen molar-refractivity contribution in [3.8, 4) is 5.75 Å². The van der Waals surface area contributed by atoms with E-state index in [0.29, 0.717) is 11.3 Å². The molecular formula is C20H18ClN3O3S. The number of hydrogen-bond acceptors (Lipinski definition) is 5. The van der Waals surface area contributed by atoms with Crippen LogP contribution in [0, 0.1) is 0 Å². The highest BCUT2D eigenvalue weighted by atomic mass is 35.5. The van der Waals surface area contributed by atoms with Gasteiger partial charge in [-0.15, -0.1) is 4.41 Å². The molecule has 8 heteroatoms. The zero-order valence-electron chi connectivity index (χ0n) is 15.3. The van der Waals surface area contributed by atoms with E-state index in [1.165, 1.54) is 4.41 Å². The summed E-state index contributed by atoms with van der Waals surface area (Å²) in [4.78, 5) is 4.43. The van der Waals surface area contributed by atoms with Crippen LogP contribution in [0.2, 0.25) is 5.15 Å². The van der Waals surface area contributed by atoms with Crippen molar-refractivity contribution in [1.82, 2.24) is 14.8 Å². The second-order valence-corrected chi connectivity index (χ2v) is 8.70. The number of rotatable bonds is 4. The summed E-state index contributed by atoms with van der Waals surface area (Å²) in [5.74, 6) is 0.723. The first-order valence-corrected chi connectivity index (χ1v) is 10.8. The molecule has 0 saturated heterocycles. The standard InChI is InChI=1S/C20H18ClN3O3S/c1-27-15-9-7-13(8-10-15)18-12-19(24(23-18)28(2,25)26)16-11-14-5-3-4-6-17(14)22-20(16)21/h3-12,19,23H,1-2H3/t19-/m1/s1. The van der Waals surface area contributed by atoms with Crippen molar-refractivity contribution in [2.75, 3.05) is 13.4 Å². The fraction of sp³-hybridized carbons (Fsp3) is 0.150. The van der Waals surface area contributed by atoms with Crippen LogP contribution in [0.1, 0.15) is 17.2 Å². The number of para-hydroxylation sites is 1. The average Bonchev–Trinajstić information content (AvgIpc) is 3.13. The Morgan fingerprint density at radius 2 is 1.86 bits per heavy atom. The number of nitrogens with one attached hydrogen (secondary N) is 1. The van der Waals surface area contributed by atoms with Crippen molar-refractivity contribution in [2.24, 2.45) is 0 Å². The molecule has 1 atom stereocenters. The molecule has 0 fully saturated rings. The van der Waals surface area contributed by atoms with Crippen molar-refractivity contribution in [2.45, 2.75) is 6.04 Å². The van der Waals surface area contributed by atoms with Crippen molar-refractivity contribution in [1.29, 1.82) is 0 Å². The van der Waals surface area contributed by atoms with Crippen LogP contribution in [-0.2, 0) is 10.0 Å². The maximum absolute atomic E-state index is 12.4. The van der Waals surface area contributed by atoms with E-state index < -0.39 is 16.1 Å². The van der Waals surface area contributed by atoms with Crippen LogP contribution in [0.25, 0.3) is 16.6 Å². The second-order valence-electron chi connectivity index (χ2n) is 6.49. The first kappa shape index (κ1) is 18.7. The average molecular weight is 416 g/mol. The van der Waals surface area contributed by atoms with Crippen LogP contribution in [0.15, 0.2) is 60.7 Å². The topological polar surface area (TPSA) is 71.5 Å². The van der Waals surface area contributed by atoms with Gasteiger partial charge < -0.3 is 10.2 Å². The Balaban J connectivity index is 1.82. The molecule has 0 aliphatic carbocycles. The quantitative estimate of drug-likeness (QED) is 0.657. The lowest BCUT2D eigenvalue weighted by Gasteiger charge is -2.23. The summed E-state index contributed by atoms with van der Waals surface area (Å²) in [6, 6.07) is 16.2. The molecule has 144 valence electrons. The lowest BCUT2D eigenvalue weighted by atomic mass is 10.0. The highest BCUT2D eigenvalue weighted by Gasteiger charge is 2.35. The van der Waals surface area contributed by atoms with Gasteiger partial charge in [0.1, 0.15) is 10.9 Å². The molecule has 0 unspecified atom stereocenters. The van der Waals surface area contributed by atoms with E-state index in [2.05, 4.69) is 10.4 Å². The van der Waals surface area contributed by atoms with Crippen LogP contribution in [0.4, 0.5) is 0 Å². The molecule has 3 aromatic rings. The van der Waals surface area contributed by atoms with Gasteiger partial charge in [0.25, 0.3) is 0 Å². The highest BCUT2D eigenvalue weighted by molar-refractivity contribution is 7.88. The molecule has 4 rings (SSSR count). The highest BCUT2D eigenvalue weighted by Crippen LogP contribution is 2.37. The second kappa shape index (κ2) is 7.09. The van der Waals surface area contributed by atoms with Crippen molar-refractivity contribution in [3.05, 3.63) is 77.0 Å². The van der Waals surface area contributed by atoms with Crippen LogP contribution in [0.5, 0.6) is 5.75 Å². The van der Waals surface area contributed by atoms with E-state index in [4.69, 9.17) is 16.3 Å². The molecule has 1 aromatic heterocycles. The van der Waals surface area contributed by atoms with Gasteiger partial charge in [0.15, 0.2) is 0 Å². The SMILES string of the molecule is COc1ccc(C2=C[C@H](c3cc4ccccc4nc3Cl)N(S(C)(=O)=O)N2)cc1. The number of benzene rings is 2. The Morgan fingerprint density at radius 1 is 1.14 bits per heavy atom.